The van der Waals surface area contributed by atoms with Gasteiger partial charge in [-0.1, -0.05) is 6.42 Å². The number of hydrogen-bond donors (Lipinski definition) is 2. The first-order chi connectivity index (χ1) is 5.13. The molecule has 2 N–H and O–H groups in total. The summed E-state index contributed by atoms with van der Waals surface area (Å²) < 4.78 is 0. The quantitative estimate of drug-likeness (QED) is 0.736. The van der Waals surface area contributed by atoms with E-state index in [-0.39, 0.29) is 46.8 Å². The lowest BCUT2D eigenvalue weighted by atomic mass is 10.1. The zero-order valence-corrected chi connectivity index (χ0v) is 10.5. The van der Waals surface area contributed by atoms with E-state index in [0.29, 0.717) is 19.3 Å². The number of unbranched alkanes of at least 4 members (excludes halogenated alkanes) is 2. The molecule has 0 atom stereocenters. The van der Waals surface area contributed by atoms with Crippen LogP contribution in [-0.2, 0) is 9.59 Å². The molecule has 0 saturated carbocycles. The number of aliphatic carboxylic acids is 2. The van der Waals surface area contributed by atoms with Crippen LogP contribution in [-0.4, -0.2) is 22.2 Å². The Morgan fingerprint density at radius 3 is 1.31 bits per heavy atom. The van der Waals surface area contributed by atoms with Crippen LogP contribution in [0.3, 0.4) is 0 Å². The van der Waals surface area contributed by atoms with Crippen molar-refractivity contribution in [1.82, 2.24) is 0 Å². The topological polar surface area (TPSA) is 74.6 Å². The SMILES string of the molecule is Br.Br.O=C(O)CCCCCC(=O)O. The number of rotatable bonds is 6. The van der Waals surface area contributed by atoms with E-state index in [1.165, 1.54) is 0 Å². The zero-order chi connectivity index (χ0) is 8.69. The molecule has 0 aliphatic carbocycles. The molecule has 0 aromatic rings. The normalized spacial score (nSPS) is 8.00. The molecular formula is C7H14Br2O4. The molecule has 0 radical (unpaired) electrons. The number of halogens is 2. The largest absolute Gasteiger partial charge is 0.481 e. The van der Waals surface area contributed by atoms with Gasteiger partial charge in [-0.05, 0) is 12.8 Å². The first-order valence-electron chi connectivity index (χ1n) is 3.56. The van der Waals surface area contributed by atoms with Gasteiger partial charge in [-0.25, -0.2) is 0 Å². The second-order valence-electron chi connectivity index (χ2n) is 2.35. The number of carboxylic acids is 2. The van der Waals surface area contributed by atoms with Gasteiger partial charge in [0.15, 0.2) is 0 Å². The number of carbonyl (C=O) groups is 2. The molecule has 0 aromatic carbocycles. The fourth-order valence-corrected chi connectivity index (χ4v) is 0.729. The van der Waals surface area contributed by atoms with E-state index in [4.69, 9.17) is 10.2 Å². The summed E-state index contributed by atoms with van der Waals surface area (Å²) in [5.41, 5.74) is 0. The highest BCUT2D eigenvalue weighted by Crippen LogP contribution is 2.02. The molecule has 80 valence electrons. The summed E-state index contributed by atoms with van der Waals surface area (Å²) in [6.45, 7) is 0. The monoisotopic (exact) mass is 320 g/mol. The van der Waals surface area contributed by atoms with E-state index in [2.05, 4.69) is 0 Å². The van der Waals surface area contributed by atoms with E-state index < -0.39 is 11.9 Å². The van der Waals surface area contributed by atoms with Crippen molar-refractivity contribution in [3.05, 3.63) is 0 Å². The second-order valence-corrected chi connectivity index (χ2v) is 2.35. The van der Waals surface area contributed by atoms with Crippen molar-refractivity contribution >= 4 is 45.9 Å². The van der Waals surface area contributed by atoms with Crippen LogP contribution in [0, 0.1) is 0 Å². The van der Waals surface area contributed by atoms with Crippen LogP contribution >= 0.6 is 34.0 Å². The van der Waals surface area contributed by atoms with Crippen LogP contribution in [0.2, 0.25) is 0 Å². The first-order valence-corrected chi connectivity index (χ1v) is 3.56. The smallest absolute Gasteiger partial charge is 0.303 e. The predicted octanol–water partition coefficient (Wildman–Crippen LogP) is 2.26. The third-order valence-corrected chi connectivity index (χ3v) is 1.28. The zero-order valence-electron chi connectivity index (χ0n) is 7.06. The highest BCUT2D eigenvalue weighted by Gasteiger charge is 1.98. The van der Waals surface area contributed by atoms with E-state index in [0.717, 1.165) is 0 Å². The van der Waals surface area contributed by atoms with Crippen LogP contribution in [0.5, 0.6) is 0 Å². The first kappa shape index (κ1) is 18.6. The van der Waals surface area contributed by atoms with Crippen molar-refractivity contribution in [1.29, 1.82) is 0 Å². The molecule has 0 aliphatic heterocycles. The molecule has 0 saturated heterocycles. The summed E-state index contributed by atoms with van der Waals surface area (Å²) in [5, 5.41) is 16.4. The molecule has 0 aliphatic rings. The van der Waals surface area contributed by atoms with Crippen LogP contribution in [0.4, 0.5) is 0 Å². The summed E-state index contributed by atoms with van der Waals surface area (Å²) in [7, 11) is 0. The van der Waals surface area contributed by atoms with Crippen LogP contribution < -0.4 is 0 Å². The highest BCUT2D eigenvalue weighted by molar-refractivity contribution is 8.93. The second kappa shape index (κ2) is 11.9. The Labute approximate surface area is 97.9 Å². The summed E-state index contributed by atoms with van der Waals surface area (Å²) in [6.07, 6.45) is 2.10. The van der Waals surface area contributed by atoms with Crippen molar-refractivity contribution < 1.29 is 19.8 Å². The van der Waals surface area contributed by atoms with Gasteiger partial charge in [0.05, 0.1) is 0 Å². The molecule has 0 aromatic heterocycles. The van der Waals surface area contributed by atoms with Gasteiger partial charge in [0.1, 0.15) is 0 Å². The van der Waals surface area contributed by atoms with Gasteiger partial charge in [-0.15, -0.1) is 34.0 Å². The van der Waals surface area contributed by atoms with Crippen LogP contribution in [0.15, 0.2) is 0 Å². The third-order valence-electron chi connectivity index (χ3n) is 1.28. The van der Waals surface area contributed by atoms with Gasteiger partial charge < -0.3 is 10.2 Å². The van der Waals surface area contributed by atoms with Gasteiger partial charge in [0, 0.05) is 12.8 Å². The van der Waals surface area contributed by atoms with E-state index in [1.807, 2.05) is 0 Å². The Hall–Kier alpha value is -0.100. The highest BCUT2D eigenvalue weighted by atomic mass is 79.9. The Balaban J connectivity index is -0.000000500. The van der Waals surface area contributed by atoms with Crippen molar-refractivity contribution in [2.24, 2.45) is 0 Å². The van der Waals surface area contributed by atoms with Crippen molar-refractivity contribution in [2.45, 2.75) is 32.1 Å². The Kier molecular flexibility index (Phi) is 17.1. The van der Waals surface area contributed by atoms with Gasteiger partial charge in [-0.2, -0.15) is 0 Å². The molecule has 13 heavy (non-hydrogen) atoms. The van der Waals surface area contributed by atoms with Gasteiger partial charge in [0.2, 0.25) is 0 Å². The summed E-state index contributed by atoms with van der Waals surface area (Å²) in [5.74, 6) is -1.64. The fourth-order valence-electron chi connectivity index (χ4n) is 0.729. The standard InChI is InChI=1S/C7H12O4.2BrH/c8-6(9)4-2-1-3-5-7(10)11;;/h1-5H2,(H,8,9)(H,10,11);2*1H. The predicted molar refractivity (Wildman–Crippen MR) is 59.0 cm³/mol. The molecule has 0 amide bonds. The summed E-state index contributed by atoms with van der Waals surface area (Å²) >= 11 is 0. The molecule has 6 heteroatoms. The lowest BCUT2D eigenvalue weighted by Crippen LogP contribution is -1.96. The molecule has 0 spiro atoms. The minimum atomic E-state index is -0.819. The van der Waals surface area contributed by atoms with Gasteiger partial charge in [0.25, 0.3) is 0 Å². The van der Waals surface area contributed by atoms with Crippen molar-refractivity contribution in [3.63, 3.8) is 0 Å². The van der Waals surface area contributed by atoms with Crippen LogP contribution in [0.1, 0.15) is 32.1 Å². The Bertz CT molecular complexity index is 133. The maximum absolute atomic E-state index is 9.98. The van der Waals surface area contributed by atoms with Crippen LogP contribution in [0.25, 0.3) is 0 Å². The molecule has 0 rings (SSSR count). The maximum Gasteiger partial charge on any atom is 0.303 e. The minimum absolute atomic E-state index is 0. The van der Waals surface area contributed by atoms with E-state index in [1.54, 1.807) is 0 Å². The van der Waals surface area contributed by atoms with E-state index >= 15 is 0 Å². The Morgan fingerprint density at radius 1 is 0.769 bits per heavy atom. The molecule has 4 nitrogen and oxygen atoms in total. The maximum atomic E-state index is 9.98. The molecule has 0 bridgehead atoms. The number of carboxylic acid groups (broad SMARTS) is 2. The average molecular weight is 322 g/mol. The molecule has 0 unspecified atom stereocenters. The fraction of sp³-hybridized carbons (Fsp3) is 0.714. The molecule has 0 heterocycles. The van der Waals surface area contributed by atoms with Gasteiger partial charge in [-0.3, -0.25) is 9.59 Å². The van der Waals surface area contributed by atoms with E-state index in [9.17, 15) is 9.59 Å². The third kappa shape index (κ3) is 18.7. The minimum Gasteiger partial charge on any atom is -0.481 e. The lowest BCUT2D eigenvalue weighted by Gasteiger charge is -1.94. The lowest BCUT2D eigenvalue weighted by molar-refractivity contribution is -0.137. The summed E-state index contributed by atoms with van der Waals surface area (Å²) in [6, 6.07) is 0. The number of hydrogen-bond acceptors (Lipinski definition) is 2. The molecule has 0 fully saturated rings. The average Bonchev–Trinajstić information content (AvgIpc) is 1.85. The van der Waals surface area contributed by atoms with Crippen molar-refractivity contribution in [3.8, 4) is 0 Å². The molecular weight excluding hydrogens is 308 g/mol. The van der Waals surface area contributed by atoms with Gasteiger partial charge >= 0.3 is 11.9 Å². The Morgan fingerprint density at radius 2 is 1.08 bits per heavy atom. The van der Waals surface area contributed by atoms with Crippen molar-refractivity contribution in [2.75, 3.05) is 0 Å². The summed E-state index contributed by atoms with van der Waals surface area (Å²) in [4.78, 5) is 20.0.